The lowest BCUT2D eigenvalue weighted by atomic mass is 9.88. The minimum Gasteiger partial charge on any atom is -0.481 e. The Hall–Kier alpha value is -2.38. The van der Waals surface area contributed by atoms with Gasteiger partial charge in [0.15, 0.2) is 0 Å². The van der Waals surface area contributed by atoms with Crippen LogP contribution in [0.15, 0.2) is 47.4 Å². The molecule has 0 aromatic heterocycles. The number of aliphatic carboxylic acids is 1. The molecular formula is C14H10O6S. The van der Waals surface area contributed by atoms with Crippen LogP contribution in [0.4, 0.5) is 0 Å². The van der Waals surface area contributed by atoms with Crippen LogP contribution in [-0.2, 0) is 14.9 Å². The molecule has 2 N–H and O–H groups in total. The number of rotatable bonds is 2. The second kappa shape index (κ2) is 4.57. The summed E-state index contributed by atoms with van der Waals surface area (Å²) in [5.74, 6) is -1.98. The van der Waals surface area contributed by atoms with Crippen LogP contribution < -0.4 is 4.74 Å². The maximum absolute atomic E-state index is 11.6. The molecule has 108 valence electrons. The number of hydrogen-bond donors (Lipinski definition) is 2. The maximum atomic E-state index is 11.6. The largest absolute Gasteiger partial charge is 0.481 e. The first-order valence-corrected chi connectivity index (χ1v) is 7.43. The van der Waals surface area contributed by atoms with Crippen molar-refractivity contribution < 1.29 is 27.6 Å². The van der Waals surface area contributed by atoms with E-state index < -0.39 is 26.9 Å². The average Bonchev–Trinajstić information content (AvgIpc) is 2.42. The maximum Gasteiger partial charge on any atom is 0.315 e. The Morgan fingerprint density at radius 2 is 1.71 bits per heavy atom. The first-order valence-electron chi connectivity index (χ1n) is 5.99. The van der Waals surface area contributed by atoms with E-state index in [1.54, 1.807) is 24.3 Å². The van der Waals surface area contributed by atoms with Gasteiger partial charge < -0.3 is 9.84 Å². The summed E-state index contributed by atoms with van der Waals surface area (Å²) < 4.78 is 37.9. The molecule has 0 saturated heterocycles. The SMILES string of the molecule is O=C(O)C1c2ccccc2Oc2cccc(S(=O)(=O)O)c21. The third kappa shape index (κ3) is 2.16. The van der Waals surface area contributed by atoms with Crippen LogP contribution in [-0.4, -0.2) is 24.0 Å². The fraction of sp³-hybridized carbons (Fsp3) is 0.0714. The highest BCUT2D eigenvalue weighted by molar-refractivity contribution is 7.85. The lowest BCUT2D eigenvalue weighted by molar-refractivity contribution is -0.137. The monoisotopic (exact) mass is 306 g/mol. The quantitative estimate of drug-likeness (QED) is 0.825. The second-order valence-electron chi connectivity index (χ2n) is 4.55. The van der Waals surface area contributed by atoms with Gasteiger partial charge in [0, 0.05) is 11.1 Å². The summed E-state index contributed by atoms with van der Waals surface area (Å²) in [6.45, 7) is 0. The summed E-state index contributed by atoms with van der Waals surface area (Å²) in [5.41, 5.74) is 0.278. The second-order valence-corrected chi connectivity index (χ2v) is 5.94. The van der Waals surface area contributed by atoms with Crippen LogP contribution in [0, 0.1) is 0 Å². The molecule has 0 saturated carbocycles. The summed E-state index contributed by atoms with van der Waals surface area (Å²) >= 11 is 0. The van der Waals surface area contributed by atoms with Crippen LogP contribution in [0.5, 0.6) is 11.5 Å². The van der Waals surface area contributed by atoms with Crippen molar-refractivity contribution in [1.29, 1.82) is 0 Å². The summed E-state index contributed by atoms with van der Waals surface area (Å²) in [4.78, 5) is 11.2. The summed E-state index contributed by atoms with van der Waals surface area (Å²) in [5, 5.41) is 9.49. The summed E-state index contributed by atoms with van der Waals surface area (Å²) in [6, 6.07) is 10.5. The van der Waals surface area contributed by atoms with E-state index in [2.05, 4.69) is 0 Å². The van der Waals surface area contributed by atoms with Crippen molar-refractivity contribution in [3.63, 3.8) is 0 Å². The molecule has 0 radical (unpaired) electrons. The van der Waals surface area contributed by atoms with Gasteiger partial charge in [-0.15, -0.1) is 0 Å². The molecule has 1 aliphatic heterocycles. The molecule has 3 rings (SSSR count). The highest BCUT2D eigenvalue weighted by atomic mass is 32.2. The predicted molar refractivity (Wildman–Crippen MR) is 72.3 cm³/mol. The van der Waals surface area contributed by atoms with Gasteiger partial charge in [0.1, 0.15) is 22.3 Å². The lowest BCUT2D eigenvalue weighted by Gasteiger charge is -2.26. The van der Waals surface area contributed by atoms with Crippen LogP contribution in [0.3, 0.4) is 0 Å². The van der Waals surface area contributed by atoms with Crippen LogP contribution in [0.25, 0.3) is 0 Å². The Morgan fingerprint density at radius 1 is 1.05 bits per heavy atom. The third-order valence-corrected chi connectivity index (χ3v) is 4.20. The Kier molecular flexibility index (Phi) is 2.96. The number of carbonyl (C=O) groups is 1. The lowest BCUT2D eigenvalue weighted by Crippen LogP contribution is -2.21. The van der Waals surface area contributed by atoms with E-state index in [0.717, 1.165) is 6.07 Å². The van der Waals surface area contributed by atoms with Gasteiger partial charge in [0.2, 0.25) is 0 Å². The molecule has 21 heavy (non-hydrogen) atoms. The fourth-order valence-corrected chi connectivity index (χ4v) is 3.21. The molecule has 7 heteroatoms. The van der Waals surface area contributed by atoms with E-state index in [9.17, 15) is 22.9 Å². The number of ether oxygens (including phenoxy) is 1. The van der Waals surface area contributed by atoms with Gasteiger partial charge >= 0.3 is 5.97 Å². The molecule has 1 heterocycles. The highest BCUT2D eigenvalue weighted by Gasteiger charge is 2.37. The first kappa shape index (κ1) is 13.6. The fourth-order valence-electron chi connectivity index (χ4n) is 2.46. The predicted octanol–water partition coefficient (Wildman–Crippen LogP) is 2.26. The van der Waals surface area contributed by atoms with E-state index in [0.29, 0.717) is 11.3 Å². The van der Waals surface area contributed by atoms with Crippen LogP contribution in [0.2, 0.25) is 0 Å². The van der Waals surface area contributed by atoms with E-state index in [-0.39, 0.29) is 11.3 Å². The molecule has 2 aromatic rings. The van der Waals surface area contributed by atoms with E-state index >= 15 is 0 Å². The van der Waals surface area contributed by atoms with Gasteiger partial charge in [-0.05, 0) is 18.2 Å². The van der Waals surface area contributed by atoms with Crippen LogP contribution >= 0.6 is 0 Å². The van der Waals surface area contributed by atoms with Crippen molar-refractivity contribution in [2.24, 2.45) is 0 Å². The zero-order valence-electron chi connectivity index (χ0n) is 10.6. The number of carboxylic acid groups (broad SMARTS) is 1. The standard InChI is InChI=1S/C14H10O6S/c15-14(16)12-8-4-1-2-5-9(8)20-10-6-3-7-11(13(10)12)21(17,18)19/h1-7,12H,(H,15,16)(H,17,18,19). The smallest absolute Gasteiger partial charge is 0.315 e. The third-order valence-electron chi connectivity index (χ3n) is 3.29. The van der Waals surface area contributed by atoms with Gasteiger partial charge in [-0.3, -0.25) is 9.35 Å². The van der Waals surface area contributed by atoms with Gasteiger partial charge in [-0.25, -0.2) is 0 Å². The summed E-state index contributed by atoms with van der Waals surface area (Å²) in [7, 11) is -4.56. The molecule has 0 aliphatic carbocycles. The Labute approximate surface area is 120 Å². The van der Waals surface area contributed by atoms with E-state index in [1.807, 2.05) is 0 Å². The molecular weight excluding hydrogens is 296 g/mol. The molecule has 6 nitrogen and oxygen atoms in total. The molecule has 0 fully saturated rings. The Morgan fingerprint density at radius 3 is 2.38 bits per heavy atom. The molecule has 1 aliphatic rings. The van der Waals surface area contributed by atoms with Crippen molar-refractivity contribution in [2.75, 3.05) is 0 Å². The summed E-state index contributed by atoms with van der Waals surface area (Å²) in [6.07, 6.45) is 0. The number of para-hydroxylation sites is 1. The first-order chi connectivity index (χ1) is 9.89. The zero-order chi connectivity index (χ0) is 15.2. The van der Waals surface area contributed by atoms with Gasteiger partial charge in [-0.2, -0.15) is 8.42 Å². The van der Waals surface area contributed by atoms with E-state index in [4.69, 9.17) is 4.74 Å². The topological polar surface area (TPSA) is 101 Å². The van der Waals surface area contributed by atoms with Crippen molar-refractivity contribution in [3.05, 3.63) is 53.6 Å². The van der Waals surface area contributed by atoms with Crippen molar-refractivity contribution in [2.45, 2.75) is 10.8 Å². The zero-order valence-corrected chi connectivity index (χ0v) is 11.4. The van der Waals surface area contributed by atoms with Crippen molar-refractivity contribution in [1.82, 2.24) is 0 Å². The Balaban J connectivity index is 2.35. The molecule has 1 atom stereocenters. The molecule has 2 aromatic carbocycles. The normalized spacial score (nSPS) is 16.5. The molecule has 0 amide bonds. The molecule has 0 bridgehead atoms. The Bertz CT molecular complexity index is 840. The minimum atomic E-state index is -4.56. The van der Waals surface area contributed by atoms with Crippen molar-refractivity contribution >= 4 is 16.1 Å². The number of hydrogen-bond acceptors (Lipinski definition) is 4. The molecule has 0 spiro atoms. The number of fused-ring (bicyclic) bond motifs is 2. The minimum absolute atomic E-state index is 0.0637. The van der Waals surface area contributed by atoms with Crippen LogP contribution in [0.1, 0.15) is 17.0 Å². The van der Waals surface area contributed by atoms with Gasteiger partial charge in [-0.1, -0.05) is 24.3 Å². The van der Waals surface area contributed by atoms with Gasteiger partial charge in [0.05, 0.1) is 0 Å². The van der Waals surface area contributed by atoms with Crippen molar-refractivity contribution in [3.8, 4) is 11.5 Å². The van der Waals surface area contributed by atoms with Gasteiger partial charge in [0.25, 0.3) is 10.1 Å². The molecule has 1 unspecified atom stereocenters. The number of carboxylic acids is 1. The van der Waals surface area contributed by atoms with E-state index in [1.165, 1.54) is 12.1 Å². The average molecular weight is 306 g/mol. The highest BCUT2D eigenvalue weighted by Crippen LogP contribution is 2.46. The number of benzene rings is 2.